The quantitative estimate of drug-likeness (QED) is 0.572. The number of rotatable bonds is 4. The average Bonchev–Trinajstić information content (AvgIpc) is 3.18. The van der Waals surface area contributed by atoms with Crippen LogP contribution in [0.15, 0.2) is 42.7 Å². The number of halogens is 1. The number of aryl methyl sites for hydroxylation is 3. The Morgan fingerprint density at radius 3 is 2.64 bits per heavy atom. The minimum atomic E-state index is -0.182. The fraction of sp³-hybridized carbons (Fsp3) is 0.200. The first kappa shape index (κ1) is 18.2. The second-order valence-electron chi connectivity index (χ2n) is 6.73. The van der Waals surface area contributed by atoms with Gasteiger partial charge in [0.15, 0.2) is 5.65 Å². The fourth-order valence-electron chi connectivity index (χ4n) is 3.25. The van der Waals surface area contributed by atoms with E-state index in [1.165, 1.54) is 0 Å². The Morgan fingerprint density at radius 1 is 1.21 bits per heavy atom. The van der Waals surface area contributed by atoms with Crippen LogP contribution >= 0.6 is 11.6 Å². The molecule has 4 aromatic rings. The van der Waals surface area contributed by atoms with Gasteiger partial charge < -0.3 is 5.32 Å². The first-order valence-corrected chi connectivity index (χ1v) is 9.17. The van der Waals surface area contributed by atoms with E-state index in [2.05, 4.69) is 20.5 Å². The number of carbonyl (C=O) groups excluding carboxylic acids is 1. The van der Waals surface area contributed by atoms with Crippen LogP contribution in [0, 0.1) is 13.8 Å². The van der Waals surface area contributed by atoms with E-state index in [1.807, 2.05) is 45.2 Å². The summed E-state index contributed by atoms with van der Waals surface area (Å²) in [4.78, 5) is 17.4. The summed E-state index contributed by atoms with van der Waals surface area (Å²) in [6.07, 6.45) is 3.37. The number of benzene rings is 1. The summed E-state index contributed by atoms with van der Waals surface area (Å²) in [5.41, 5.74) is 4.61. The van der Waals surface area contributed by atoms with Crippen LogP contribution in [-0.2, 0) is 13.6 Å². The lowest BCUT2D eigenvalue weighted by molar-refractivity contribution is 0.102. The topological polar surface area (TPSA) is 77.6 Å². The lowest BCUT2D eigenvalue weighted by atomic mass is 10.1. The monoisotopic (exact) mass is 394 g/mol. The summed E-state index contributed by atoms with van der Waals surface area (Å²) in [6, 6.07) is 9.45. The number of aromatic nitrogens is 5. The molecule has 7 nitrogen and oxygen atoms in total. The van der Waals surface area contributed by atoms with Gasteiger partial charge in [-0.25, -0.2) is 4.98 Å². The van der Waals surface area contributed by atoms with Crippen LogP contribution in [0.4, 0.5) is 5.69 Å². The zero-order valence-electron chi connectivity index (χ0n) is 15.8. The van der Waals surface area contributed by atoms with Crippen LogP contribution in [0.25, 0.3) is 11.0 Å². The standard InChI is InChI=1S/C20H19ClN6O/c1-12-8-17(18-13(2)25-26(3)19(18)23-12)20(28)24-16-6-4-14(5-7-16)10-27-11-15(21)9-22-27/h4-9,11H,10H2,1-3H3,(H,24,28). The molecule has 1 aromatic carbocycles. The molecule has 0 saturated carbocycles. The molecule has 0 radical (unpaired) electrons. The summed E-state index contributed by atoms with van der Waals surface area (Å²) >= 11 is 5.89. The van der Waals surface area contributed by atoms with Crippen molar-refractivity contribution in [1.82, 2.24) is 24.5 Å². The highest BCUT2D eigenvalue weighted by molar-refractivity contribution is 6.30. The number of hydrogen-bond acceptors (Lipinski definition) is 4. The maximum Gasteiger partial charge on any atom is 0.256 e. The van der Waals surface area contributed by atoms with Gasteiger partial charge >= 0.3 is 0 Å². The molecule has 0 aliphatic carbocycles. The Bertz CT molecular complexity index is 1180. The van der Waals surface area contributed by atoms with Crippen molar-refractivity contribution in [2.75, 3.05) is 5.32 Å². The fourth-order valence-corrected chi connectivity index (χ4v) is 3.41. The van der Waals surface area contributed by atoms with E-state index in [0.717, 1.165) is 28.0 Å². The van der Waals surface area contributed by atoms with Crippen LogP contribution in [0.5, 0.6) is 0 Å². The van der Waals surface area contributed by atoms with E-state index < -0.39 is 0 Å². The zero-order chi connectivity index (χ0) is 19.8. The maximum atomic E-state index is 12.9. The molecule has 3 aromatic heterocycles. The van der Waals surface area contributed by atoms with Crippen molar-refractivity contribution in [1.29, 1.82) is 0 Å². The molecular formula is C20H19ClN6O. The summed E-state index contributed by atoms with van der Waals surface area (Å²) in [5.74, 6) is -0.182. The van der Waals surface area contributed by atoms with Crippen molar-refractivity contribution in [3.63, 3.8) is 0 Å². The lowest BCUT2D eigenvalue weighted by Crippen LogP contribution is -2.13. The SMILES string of the molecule is Cc1cc(C(=O)Nc2ccc(Cn3cc(Cl)cn3)cc2)c2c(C)nn(C)c2n1. The van der Waals surface area contributed by atoms with Gasteiger partial charge in [-0.15, -0.1) is 0 Å². The van der Waals surface area contributed by atoms with E-state index in [-0.39, 0.29) is 5.91 Å². The zero-order valence-corrected chi connectivity index (χ0v) is 16.5. The number of carbonyl (C=O) groups is 1. The van der Waals surface area contributed by atoms with Crippen LogP contribution in [0.3, 0.4) is 0 Å². The van der Waals surface area contributed by atoms with Crippen molar-refractivity contribution in [2.24, 2.45) is 7.05 Å². The Morgan fingerprint density at radius 2 is 1.96 bits per heavy atom. The van der Waals surface area contributed by atoms with E-state index in [1.54, 1.807) is 27.8 Å². The number of pyridine rings is 1. The van der Waals surface area contributed by atoms with Gasteiger partial charge in [0, 0.05) is 24.6 Å². The predicted molar refractivity (Wildman–Crippen MR) is 109 cm³/mol. The molecule has 1 N–H and O–H groups in total. The highest BCUT2D eigenvalue weighted by atomic mass is 35.5. The second-order valence-corrected chi connectivity index (χ2v) is 7.16. The Kier molecular flexibility index (Phi) is 4.60. The molecule has 0 unspecified atom stereocenters. The molecule has 0 atom stereocenters. The van der Waals surface area contributed by atoms with Gasteiger partial charge in [0.25, 0.3) is 5.91 Å². The van der Waals surface area contributed by atoms with E-state index in [9.17, 15) is 4.79 Å². The summed E-state index contributed by atoms with van der Waals surface area (Å²) in [6.45, 7) is 4.36. The highest BCUT2D eigenvalue weighted by Gasteiger charge is 2.17. The van der Waals surface area contributed by atoms with E-state index in [0.29, 0.717) is 22.8 Å². The first-order chi connectivity index (χ1) is 13.4. The number of nitrogens with zero attached hydrogens (tertiary/aromatic N) is 5. The minimum Gasteiger partial charge on any atom is -0.322 e. The molecule has 0 aliphatic heterocycles. The average molecular weight is 395 g/mol. The summed E-state index contributed by atoms with van der Waals surface area (Å²) in [7, 11) is 1.83. The lowest BCUT2D eigenvalue weighted by Gasteiger charge is -2.09. The highest BCUT2D eigenvalue weighted by Crippen LogP contribution is 2.23. The van der Waals surface area contributed by atoms with Crippen LogP contribution < -0.4 is 5.32 Å². The number of amides is 1. The van der Waals surface area contributed by atoms with E-state index >= 15 is 0 Å². The molecular weight excluding hydrogens is 376 g/mol. The van der Waals surface area contributed by atoms with Gasteiger partial charge in [-0.3, -0.25) is 14.2 Å². The number of nitrogens with one attached hydrogen (secondary N) is 1. The molecule has 0 spiro atoms. The first-order valence-electron chi connectivity index (χ1n) is 8.80. The largest absolute Gasteiger partial charge is 0.322 e. The molecule has 1 amide bonds. The van der Waals surface area contributed by atoms with Gasteiger partial charge in [0.2, 0.25) is 0 Å². The summed E-state index contributed by atoms with van der Waals surface area (Å²) in [5, 5.41) is 12.9. The Balaban J connectivity index is 1.56. The number of anilines is 1. The Labute approximate surface area is 167 Å². The third-order valence-electron chi connectivity index (χ3n) is 4.50. The van der Waals surface area contributed by atoms with Gasteiger partial charge in [-0.1, -0.05) is 23.7 Å². The summed E-state index contributed by atoms with van der Waals surface area (Å²) < 4.78 is 3.46. The van der Waals surface area contributed by atoms with Crippen LogP contribution in [0.2, 0.25) is 5.02 Å². The van der Waals surface area contributed by atoms with E-state index in [4.69, 9.17) is 11.6 Å². The van der Waals surface area contributed by atoms with Crippen molar-refractivity contribution in [3.05, 3.63) is 70.3 Å². The Hall–Kier alpha value is -3.19. The predicted octanol–water partition coefficient (Wildman–Crippen LogP) is 3.74. The molecule has 0 fully saturated rings. The molecule has 4 rings (SSSR count). The molecule has 0 bridgehead atoms. The maximum absolute atomic E-state index is 12.9. The van der Waals surface area contributed by atoms with Gasteiger partial charge in [-0.2, -0.15) is 10.2 Å². The molecule has 142 valence electrons. The van der Waals surface area contributed by atoms with Crippen LogP contribution in [-0.4, -0.2) is 30.5 Å². The number of hydrogen-bond donors (Lipinski definition) is 1. The third-order valence-corrected chi connectivity index (χ3v) is 4.69. The molecule has 0 aliphatic rings. The normalized spacial score (nSPS) is 11.1. The molecule has 8 heteroatoms. The van der Waals surface area contributed by atoms with Gasteiger partial charge in [0.1, 0.15) is 0 Å². The third kappa shape index (κ3) is 3.48. The second kappa shape index (κ2) is 7.09. The molecule has 28 heavy (non-hydrogen) atoms. The van der Waals surface area contributed by atoms with Crippen molar-refractivity contribution < 1.29 is 4.79 Å². The molecule has 3 heterocycles. The van der Waals surface area contributed by atoms with Crippen molar-refractivity contribution >= 4 is 34.2 Å². The van der Waals surface area contributed by atoms with Gasteiger partial charge in [0.05, 0.1) is 34.4 Å². The molecule has 0 saturated heterocycles. The van der Waals surface area contributed by atoms with Crippen LogP contribution in [0.1, 0.15) is 27.3 Å². The minimum absolute atomic E-state index is 0.182. The van der Waals surface area contributed by atoms with Crippen molar-refractivity contribution in [2.45, 2.75) is 20.4 Å². The van der Waals surface area contributed by atoms with Gasteiger partial charge in [-0.05, 0) is 37.6 Å². The van der Waals surface area contributed by atoms with Crippen molar-refractivity contribution in [3.8, 4) is 0 Å². The smallest absolute Gasteiger partial charge is 0.256 e. The number of fused-ring (bicyclic) bond motifs is 1.